The van der Waals surface area contributed by atoms with Crippen LogP contribution < -0.4 is 5.32 Å². The third kappa shape index (κ3) is 2.36. The van der Waals surface area contributed by atoms with E-state index in [1.165, 1.54) is 11.3 Å². The van der Waals surface area contributed by atoms with Crippen LogP contribution in [-0.4, -0.2) is 21.5 Å². The highest BCUT2D eigenvalue weighted by Gasteiger charge is 2.32. The van der Waals surface area contributed by atoms with Gasteiger partial charge in [0.15, 0.2) is 0 Å². The minimum absolute atomic E-state index is 0.155. The highest BCUT2D eigenvalue weighted by atomic mass is 15.0. The summed E-state index contributed by atoms with van der Waals surface area (Å²) < 4.78 is 0. The van der Waals surface area contributed by atoms with Gasteiger partial charge in [0.1, 0.15) is 5.82 Å². The van der Waals surface area contributed by atoms with Crippen LogP contribution in [0.15, 0.2) is 36.8 Å². The van der Waals surface area contributed by atoms with E-state index < -0.39 is 0 Å². The molecule has 2 aromatic rings. The van der Waals surface area contributed by atoms with E-state index in [4.69, 9.17) is 0 Å². The predicted molar refractivity (Wildman–Crippen MR) is 73.7 cm³/mol. The van der Waals surface area contributed by atoms with Crippen molar-refractivity contribution in [2.75, 3.05) is 6.54 Å². The number of nitrogens with zero attached hydrogens (tertiary/aromatic N) is 3. The summed E-state index contributed by atoms with van der Waals surface area (Å²) in [6.07, 6.45) is 7.71. The van der Waals surface area contributed by atoms with Gasteiger partial charge < -0.3 is 5.32 Å². The first-order valence-electron chi connectivity index (χ1n) is 6.84. The molecule has 0 fully saturated rings. The van der Waals surface area contributed by atoms with Crippen molar-refractivity contribution in [2.24, 2.45) is 0 Å². The molecule has 4 nitrogen and oxygen atoms in total. The number of hydrogen-bond acceptors (Lipinski definition) is 4. The van der Waals surface area contributed by atoms with Gasteiger partial charge in [-0.25, -0.2) is 9.97 Å². The Hall–Kier alpha value is -1.81. The van der Waals surface area contributed by atoms with Gasteiger partial charge in [0.05, 0.1) is 6.04 Å². The third-order valence-electron chi connectivity index (χ3n) is 3.69. The summed E-state index contributed by atoms with van der Waals surface area (Å²) in [6.45, 7) is 3.02. The fourth-order valence-corrected chi connectivity index (χ4v) is 2.87. The smallest absolute Gasteiger partial charge is 0.145 e. The lowest BCUT2D eigenvalue weighted by Gasteiger charge is -2.23. The molecule has 0 radical (unpaired) electrons. The Labute approximate surface area is 113 Å². The summed E-state index contributed by atoms with van der Waals surface area (Å²) in [5.74, 6) is 1.24. The molecular weight excluding hydrogens is 236 g/mol. The van der Waals surface area contributed by atoms with Crippen molar-refractivity contribution in [3.8, 4) is 0 Å². The molecule has 4 heteroatoms. The molecule has 2 aromatic heterocycles. The number of rotatable bonds is 4. The molecule has 1 aliphatic rings. The van der Waals surface area contributed by atoms with Gasteiger partial charge in [-0.3, -0.25) is 4.98 Å². The van der Waals surface area contributed by atoms with Gasteiger partial charge in [-0.15, -0.1) is 0 Å². The maximum atomic E-state index is 4.57. The summed E-state index contributed by atoms with van der Waals surface area (Å²) in [7, 11) is 0. The normalized spacial score (nSPS) is 19.1. The number of pyridine rings is 1. The Balaban J connectivity index is 1.94. The van der Waals surface area contributed by atoms with E-state index >= 15 is 0 Å². The monoisotopic (exact) mass is 254 g/mol. The summed E-state index contributed by atoms with van der Waals surface area (Å²) in [6, 6.07) is 6.20. The first-order valence-corrected chi connectivity index (χ1v) is 6.84. The van der Waals surface area contributed by atoms with E-state index in [0.717, 1.165) is 25.2 Å². The molecule has 0 saturated carbocycles. The lowest BCUT2D eigenvalue weighted by atomic mass is 9.96. The van der Waals surface area contributed by atoms with Crippen LogP contribution in [0.25, 0.3) is 0 Å². The average molecular weight is 254 g/mol. The lowest BCUT2D eigenvalue weighted by Crippen LogP contribution is -2.28. The fourth-order valence-electron chi connectivity index (χ4n) is 2.87. The molecule has 1 N–H and O–H groups in total. The number of aromatic nitrogens is 3. The molecule has 0 spiro atoms. The van der Waals surface area contributed by atoms with Crippen LogP contribution in [0.3, 0.4) is 0 Å². The molecule has 3 rings (SSSR count). The van der Waals surface area contributed by atoms with E-state index in [9.17, 15) is 0 Å². The first-order chi connectivity index (χ1) is 9.40. The van der Waals surface area contributed by atoms with Crippen molar-refractivity contribution in [3.05, 3.63) is 53.9 Å². The summed E-state index contributed by atoms with van der Waals surface area (Å²) in [4.78, 5) is 13.4. The second-order valence-electron chi connectivity index (χ2n) is 4.84. The number of likely N-dealkylation sites (N-methyl/N-ethyl adjacent to an activating group) is 1. The zero-order valence-corrected chi connectivity index (χ0v) is 11.1. The Kier molecular flexibility index (Phi) is 3.51. The Morgan fingerprint density at radius 1 is 1.21 bits per heavy atom. The molecule has 0 saturated heterocycles. The summed E-state index contributed by atoms with van der Waals surface area (Å²) in [5.41, 5.74) is 2.58. The molecule has 1 aliphatic carbocycles. The largest absolute Gasteiger partial charge is 0.307 e. The minimum atomic E-state index is 0.155. The Bertz CT molecular complexity index is 541. The van der Waals surface area contributed by atoms with Crippen molar-refractivity contribution in [2.45, 2.75) is 31.7 Å². The Morgan fingerprint density at radius 3 is 2.79 bits per heavy atom. The molecule has 98 valence electrons. The quantitative estimate of drug-likeness (QED) is 0.909. The Morgan fingerprint density at radius 2 is 2.00 bits per heavy atom. The van der Waals surface area contributed by atoms with Gasteiger partial charge in [0, 0.05) is 30.2 Å². The van der Waals surface area contributed by atoms with E-state index in [1.807, 2.05) is 18.3 Å². The first kappa shape index (κ1) is 12.2. The van der Waals surface area contributed by atoms with Gasteiger partial charge >= 0.3 is 0 Å². The van der Waals surface area contributed by atoms with Crippen LogP contribution in [0.5, 0.6) is 0 Å². The third-order valence-corrected chi connectivity index (χ3v) is 3.69. The highest BCUT2D eigenvalue weighted by molar-refractivity contribution is 5.31. The molecule has 2 unspecified atom stereocenters. The van der Waals surface area contributed by atoms with Gasteiger partial charge in [-0.2, -0.15) is 0 Å². The number of fused-ring (bicyclic) bond motifs is 1. The number of hydrogen-bond donors (Lipinski definition) is 1. The van der Waals surface area contributed by atoms with Crippen molar-refractivity contribution >= 4 is 0 Å². The fraction of sp³-hybridized carbons (Fsp3) is 0.400. The van der Waals surface area contributed by atoms with E-state index in [2.05, 4.69) is 33.3 Å². The number of aryl methyl sites for hydroxylation is 1. The minimum Gasteiger partial charge on any atom is -0.307 e. The zero-order valence-electron chi connectivity index (χ0n) is 11.1. The van der Waals surface area contributed by atoms with Crippen LogP contribution in [0.2, 0.25) is 0 Å². The molecule has 2 heterocycles. The zero-order chi connectivity index (χ0) is 13.1. The lowest BCUT2D eigenvalue weighted by molar-refractivity contribution is 0.428. The molecule has 0 bridgehead atoms. The van der Waals surface area contributed by atoms with E-state index in [-0.39, 0.29) is 6.04 Å². The SMILES string of the molecule is CCNC(c1ncccn1)C1CCc2cccnc21. The van der Waals surface area contributed by atoms with E-state index in [0.29, 0.717) is 5.92 Å². The van der Waals surface area contributed by atoms with Gasteiger partial charge in [-0.05, 0) is 37.1 Å². The van der Waals surface area contributed by atoms with Crippen molar-refractivity contribution in [1.82, 2.24) is 20.3 Å². The predicted octanol–water partition coefficient (Wildman–Crippen LogP) is 2.25. The van der Waals surface area contributed by atoms with Crippen LogP contribution in [0.1, 0.15) is 42.4 Å². The summed E-state index contributed by atoms with van der Waals surface area (Å²) in [5, 5.41) is 3.52. The second kappa shape index (κ2) is 5.45. The highest BCUT2D eigenvalue weighted by Crippen LogP contribution is 2.39. The molecule has 19 heavy (non-hydrogen) atoms. The standard InChI is InChI=1S/C15H18N4/c1-2-16-14(15-18-9-4-10-19-15)12-7-6-11-5-3-8-17-13(11)12/h3-5,8-10,12,14,16H,2,6-7H2,1H3. The molecule has 0 aromatic carbocycles. The molecule has 0 aliphatic heterocycles. The van der Waals surface area contributed by atoms with Crippen LogP contribution in [0.4, 0.5) is 0 Å². The van der Waals surface area contributed by atoms with E-state index in [1.54, 1.807) is 12.4 Å². The van der Waals surface area contributed by atoms with Gasteiger partial charge in [-0.1, -0.05) is 13.0 Å². The van der Waals surface area contributed by atoms with Crippen LogP contribution >= 0.6 is 0 Å². The average Bonchev–Trinajstić information content (AvgIpc) is 2.89. The molecule has 0 amide bonds. The van der Waals surface area contributed by atoms with Crippen LogP contribution in [-0.2, 0) is 6.42 Å². The van der Waals surface area contributed by atoms with Crippen molar-refractivity contribution < 1.29 is 0 Å². The van der Waals surface area contributed by atoms with Crippen molar-refractivity contribution in [3.63, 3.8) is 0 Å². The van der Waals surface area contributed by atoms with Crippen molar-refractivity contribution in [1.29, 1.82) is 0 Å². The van der Waals surface area contributed by atoms with Gasteiger partial charge in [0.2, 0.25) is 0 Å². The topological polar surface area (TPSA) is 50.7 Å². The molecular formula is C15H18N4. The summed E-state index contributed by atoms with van der Waals surface area (Å²) >= 11 is 0. The van der Waals surface area contributed by atoms with Gasteiger partial charge in [0.25, 0.3) is 0 Å². The van der Waals surface area contributed by atoms with Crippen LogP contribution in [0, 0.1) is 0 Å². The molecule has 2 atom stereocenters. The second-order valence-corrected chi connectivity index (χ2v) is 4.84. The maximum Gasteiger partial charge on any atom is 0.145 e. The maximum absolute atomic E-state index is 4.57. The number of nitrogens with one attached hydrogen (secondary N) is 1.